The summed E-state index contributed by atoms with van der Waals surface area (Å²) in [6.07, 6.45) is 1.31. The van der Waals surface area contributed by atoms with Crippen LogP contribution in [0, 0.1) is 0 Å². The highest BCUT2D eigenvalue weighted by molar-refractivity contribution is 9.09. The molecular weight excluding hydrogens is 284 g/mol. The molecule has 17 heavy (non-hydrogen) atoms. The van der Waals surface area contributed by atoms with Crippen molar-refractivity contribution < 1.29 is 9.59 Å². The summed E-state index contributed by atoms with van der Waals surface area (Å²) in [5, 5.41) is 5.72. The maximum Gasteiger partial charge on any atom is 0.235 e. The molecule has 2 N–H and O–H groups in total. The lowest BCUT2D eigenvalue weighted by Gasteiger charge is -2.07. The zero-order chi connectivity index (χ0) is 12.7. The summed E-state index contributed by atoms with van der Waals surface area (Å²) in [5.41, 5.74) is 1.36. The van der Waals surface area contributed by atoms with E-state index < -0.39 is 0 Å². The average Bonchev–Trinajstić information content (AvgIpc) is 2.29. The van der Waals surface area contributed by atoms with E-state index in [0.29, 0.717) is 17.8 Å². The minimum Gasteiger partial charge on any atom is -0.326 e. The zero-order valence-corrected chi connectivity index (χ0v) is 11.2. The van der Waals surface area contributed by atoms with Gasteiger partial charge in [-0.15, -0.1) is 0 Å². The Kier molecular flexibility index (Phi) is 5.69. The SMILES string of the molecule is CCCC(=O)Nc1cccc(NC(=O)CBr)c1. The molecule has 0 bridgehead atoms. The lowest BCUT2D eigenvalue weighted by Crippen LogP contribution is -2.13. The molecule has 1 aromatic carbocycles. The van der Waals surface area contributed by atoms with E-state index in [1.807, 2.05) is 6.92 Å². The lowest BCUT2D eigenvalue weighted by atomic mass is 10.2. The van der Waals surface area contributed by atoms with Gasteiger partial charge in [0.15, 0.2) is 0 Å². The molecule has 92 valence electrons. The van der Waals surface area contributed by atoms with Gasteiger partial charge >= 0.3 is 0 Å². The molecule has 1 aromatic rings. The van der Waals surface area contributed by atoms with Crippen molar-refractivity contribution in [3.63, 3.8) is 0 Å². The van der Waals surface area contributed by atoms with Gasteiger partial charge in [-0.1, -0.05) is 28.9 Å². The van der Waals surface area contributed by atoms with Crippen LogP contribution in [0.1, 0.15) is 19.8 Å². The van der Waals surface area contributed by atoms with Crippen LogP contribution in [-0.2, 0) is 9.59 Å². The smallest absolute Gasteiger partial charge is 0.235 e. The Morgan fingerprint density at radius 1 is 1.18 bits per heavy atom. The number of anilines is 2. The summed E-state index contributed by atoms with van der Waals surface area (Å²) in [4.78, 5) is 22.6. The zero-order valence-electron chi connectivity index (χ0n) is 9.63. The largest absolute Gasteiger partial charge is 0.326 e. The summed E-state index contributed by atoms with van der Waals surface area (Å²) < 4.78 is 0. The monoisotopic (exact) mass is 298 g/mol. The van der Waals surface area contributed by atoms with Gasteiger partial charge in [0.05, 0.1) is 5.33 Å². The first-order valence-corrected chi connectivity index (χ1v) is 6.53. The van der Waals surface area contributed by atoms with E-state index in [4.69, 9.17) is 0 Å². The van der Waals surface area contributed by atoms with Gasteiger partial charge in [0.1, 0.15) is 0 Å². The maximum atomic E-state index is 11.4. The number of halogens is 1. The van der Waals surface area contributed by atoms with Gasteiger partial charge < -0.3 is 10.6 Å². The number of carbonyl (C=O) groups excluding carboxylic acids is 2. The Bertz CT molecular complexity index is 407. The molecule has 0 atom stereocenters. The highest BCUT2D eigenvalue weighted by Gasteiger charge is 2.03. The van der Waals surface area contributed by atoms with Gasteiger partial charge in [-0.2, -0.15) is 0 Å². The Balaban J connectivity index is 2.65. The van der Waals surface area contributed by atoms with Crippen LogP contribution >= 0.6 is 15.9 Å². The normalized spacial score (nSPS) is 9.76. The van der Waals surface area contributed by atoms with Crippen molar-refractivity contribution in [3.05, 3.63) is 24.3 Å². The maximum absolute atomic E-state index is 11.4. The van der Waals surface area contributed by atoms with Crippen molar-refractivity contribution >= 4 is 39.1 Å². The van der Waals surface area contributed by atoms with E-state index in [1.165, 1.54) is 0 Å². The lowest BCUT2D eigenvalue weighted by molar-refractivity contribution is -0.116. The number of amides is 2. The van der Waals surface area contributed by atoms with Crippen LogP contribution in [0.4, 0.5) is 11.4 Å². The molecule has 5 heteroatoms. The third-order valence-electron chi connectivity index (χ3n) is 2.03. The van der Waals surface area contributed by atoms with Gasteiger partial charge in [0.25, 0.3) is 0 Å². The molecule has 0 aliphatic heterocycles. The molecule has 0 aromatic heterocycles. The fourth-order valence-electron chi connectivity index (χ4n) is 1.32. The molecule has 0 spiro atoms. The second kappa shape index (κ2) is 7.06. The second-order valence-electron chi connectivity index (χ2n) is 3.56. The fourth-order valence-corrected chi connectivity index (χ4v) is 1.46. The molecule has 4 nitrogen and oxygen atoms in total. The second-order valence-corrected chi connectivity index (χ2v) is 4.12. The molecular formula is C12H15BrN2O2. The molecule has 0 radical (unpaired) electrons. The molecule has 0 unspecified atom stereocenters. The fraction of sp³-hybridized carbons (Fsp3) is 0.333. The van der Waals surface area contributed by atoms with Gasteiger partial charge in [-0.3, -0.25) is 9.59 Å². The molecule has 0 heterocycles. The third kappa shape index (κ3) is 4.99. The molecule has 0 saturated heterocycles. The van der Waals surface area contributed by atoms with E-state index >= 15 is 0 Å². The minimum atomic E-state index is -0.123. The molecule has 0 aliphatic carbocycles. The van der Waals surface area contributed by atoms with Crippen LogP contribution in [0.25, 0.3) is 0 Å². The first-order valence-electron chi connectivity index (χ1n) is 5.41. The molecule has 2 amide bonds. The van der Waals surface area contributed by atoms with Crippen LogP contribution < -0.4 is 10.6 Å². The Hall–Kier alpha value is -1.36. The van der Waals surface area contributed by atoms with Crippen LogP contribution in [0.3, 0.4) is 0 Å². The minimum absolute atomic E-state index is 0.0172. The van der Waals surface area contributed by atoms with Gasteiger partial charge in [-0.05, 0) is 24.6 Å². The number of alkyl halides is 1. The van der Waals surface area contributed by atoms with Crippen LogP contribution in [-0.4, -0.2) is 17.1 Å². The number of hydrogen-bond donors (Lipinski definition) is 2. The topological polar surface area (TPSA) is 58.2 Å². The Morgan fingerprint density at radius 2 is 1.76 bits per heavy atom. The first-order chi connectivity index (χ1) is 8.15. The highest BCUT2D eigenvalue weighted by Crippen LogP contribution is 2.15. The van der Waals surface area contributed by atoms with Crippen molar-refractivity contribution in [1.29, 1.82) is 0 Å². The van der Waals surface area contributed by atoms with Crippen molar-refractivity contribution in [2.24, 2.45) is 0 Å². The number of benzene rings is 1. The van der Waals surface area contributed by atoms with Crippen molar-refractivity contribution in [3.8, 4) is 0 Å². The summed E-state index contributed by atoms with van der Waals surface area (Å²) in [7, 11) is 0. The standard InChI is InChI=1S/C12H15BrN2O2/c1-2-4-11(16)14-9-5-3-6-10(7-9)15-12(17)8-13/h3,5-7H,2,4,8H2,1H3,(H,14,16)(H,15,17). The predicted molar refractivity (Wildman–Crippen MR) is 72.4 cm³/mol. The summed E-state index contributed by atoms with van der Waals surface area (Å²) in [6, 6.07) is 7.08. The van der Waals surface area contributed by atoms with Crippen molar-refractivity contribution in [2.45, 2.75) is 19.8 Å². The van der Waals surface area contributed by atoms with E-state index in [9.17, 15) is 9.59 Å². The first kappa shape index (κ1) is 13.7. The summed E-state index contributed by atoms with van der Waals surface area (Å²) in [5.74, 6) is -0.140. The van der Waals surface area contributed by atoms with E-state index in [1.54, 1.807) is 24.3 Å². The number of hydrogen-bond acceptors (Lipinski definition) is 2. The number of rotatable bonds is 5. The van der Waals surface area contributed by atoms with Crippen molar-refractivity contribution in [1.82, 2.24) is 0 Å². The summed E-state index contributed by atoms with van der Waals surface area (Å²) >= 11 is 3.07. The van der Waals surface area contributed by atoms with E-state index in [-0.39, 0.29) is 17.1 Å². The van der Waals surface area contributed by atoms with Gasteiger partial charge in [0, 0.05) is 17.8 Å². The summed E-state index contributed by atoms with van der Waals surface area (Å²) in [6.45, 7) is 1.95. The molecule has 0 fully saturated rings. The Labute approximate surface area is 109 Å². The quantitative estimate of drug-likeness (QED) is 0.821. The molecule has 0 aliphatic rings. The predicted octanol–water partition coefficient (Wildman–Crippen LogP) is 2.76. The number of carbonyl (C=O) groups is 2. The van der Waals surface area contributed by atoms with E-state index in [0.717, 1.165) is 6.42 Å². The van der Waals surface area contributed by atoms with Gasteiger partial charge in [-0.25, -0.2) is 0 Å². The van der Waals surface area contributed by atoms with E-state index in [2.05, 4.69) is 26.6 Å². The Morgan fingerprint density at radius 3 is 2.29 bits per heavy atom. The highest BCUT2D eigenvalue weighted by atomic mass is 79.9. The van der Waals surface area contributed by atoms with Crippen LogP contribution in [0.5, 0.6) is 0 Å². The van der Waals surface area contributed by atoms with Crippen LogP contribution in [0.15, 0.2) is 24.3 Å². The molecule has 1 rings (SSSR count). The average molecular weight is 299 g/mol. The number of nitrogens with one attached hydrogen (secondary N) is 2. The van der Waals surface area contributed by atoms with Crippen LogP contribution in [0.2, 0.25) is 0 Å². The molecule has 0 saturated carbocycles. The van der Waals surface area contributed by atoms with Gasteiger partial charge in [0.2, 0.25) is 11.8 Å². The van der Waals surface area contributed by atoms with Crippen molar-refractivity contribution in [2.75, 3.05) is 16.0 Å². The third-order valence-corrected chi connectivity index (χ3v) is 2.54.